The summed E-state index contributed by atoms with van der Waals surface area (Å²) >= 11 is 0. The zero-order valence-electron chi connectivity index (χ0n) is 17.1. The van der Waals surface area contributed by atoms with Gasteiger partial charge in [0.05, 0.1) is 6.54 Å². The van der Waals surface area contributed by atoms with Gasteiger partial charge in [0.2, 0.25) is 0 Å². The Morgan fingerprint density at radius 2 is 1.86 bits per heavy atom. The molecule has 1 aliphatic carbocycles. The highest BCUT2D eigenvalue weighted by molar-refractivity contribution is 14.0. The molecule has 1 saturated heterocycles. The molecule has 0 unspecified atom stereocenters. The molecule has 5 nitrogen and oxygen atoms in total. The lowest BCUT2D eigenvalue weighted by Gasteiger charge is -2.36. The van der Waals surface area contributed by atoms with E-state index in [-0.39, 0.29) is 24.0 Å². The van der Waals surface area contributed by atoms with Crippen molar-refractivity contribution in [3.63, 3.8) is 0 Å². The number of ether oxygens (including phenoxy) is 1. The Hall–Kier alpha value is -1.16. The summed E-state index contributed by atoms with van der Waals surface area (Å²) < 4.78 is 31.6. The first-order valence-electron chi connectivity index (χ1n) is 10.5. The minimum atomic E-state index is -0.903. The highest BCUT2D eigenvalue weighted by Gasteiger charge is 2.27. The first-order chi connectivity index (χ1) is 13.7. The second kappa shape index (κ2) is 12.5. The maximum atomic E-state index is 13.2. The van der Waals surface area contributed by atoms with E-state index in [0.717, 1.165) is 56.6 Å². The van der Waals surface area contributed by atoms with Gasteiger partial charge in [0, 0.05) is 37.8 Å². The van der Waals surface area contributed by atoms with E-state index in [2.05, 4.69) is 20.5 Å². The SMILES string of the molecule is CCNC(=NCCOc1ccc(F)c(F)c1)NC1CCN(C2CCCC2)CC1.I. The Labute approximate surface area is 189 Å². The second-order valence-corrected chi connectivity index (χ2v) is 7.58. The van der Waals surface area contributed by atoms with Gasteiger partial charge in [-0.25, -0.2) is 13.8 Å². The Kier molecular flexibility index (Phi) is 10.4. The predicted octanol–water partition coefficient (Wildman–Crippen LogP) is 3.92. The molecule has 2 aliphatic rings. The van der Waals surface area contributed by atoms with Gasteiger partial charge in [-0.15, -0.1) is 24.0 Å². The molecule has 2 N–H and O–H groups in total. The molecule has 8 heteroatoms. The summed E-state index contributed by atoms with van der Waals surface area (Å²) in [6.45, 7) is 5.88. The largest absolute Gasteiger partial charge is 0.492 e. The Morgan fingerprint density at radius 1 is 1.14 bits per heavy atom. The molecule has 1 aromatic rings. The number of aliphatic imine (C=N–C) groups is 1. The lowest BCUT2D eigenvalue weighted by molar-refractivity contribution is 0.150. The molecule has 0 radical (unpaired) electrons. The topological polar surface area (TPSA) is 48.9 Å². The summed E-state index contributed by atoms with van der Waals surface area (Å²) in [6, 6.07) is 4.78. The van der Waals surface area contributed by atoms with E-state index >= 15 is 0 Å². The van der Waals surface area contributed by atoms with Crippen molar-refractivity contribution in [2.75, 3.05) is 32.8 Å². The van der Waals surface area contributed by atoms with Crippen LogP contribution in [0.5, 0.6) is 5.75 Å². The summed E-state index contributed by atoms with van der Waals surface area (Å²) in [7, 11) is 0. The van der Waals surface area contributed by atoms with Crippen molar-refractivity contribution in [3.8, 4) is 5.75 Å². The minimum absolute atomic E-state index is 0. The van der Waals surface area contributed by atoms with Gasteiger partial charge in [-0.3, -0.25) is 0 Å². The van der Waals surface area contributed by atoms with E-state index in [1.54, 1.807) is 0 Å². The third kappa shape index (κ3) is 7.55. The van der Waals surface area contributed by atoms with E-state index in [4.69, 9.17) is 4.74 Å². The zero-order chi connectivity index (χ0) is 19.8. The fraction of sp³-hybridized carbons (Fsp3) is 0.667. The zero-order valence-corrected chi connectivity index (χ0v) is 19.5. The number of nitrogens with one attached hydrogen (secondary N) is 2. The molecule has 0 atom stereocenters. The van der Waals surface area contributed by atoms with Crippen molar-refractivity contribution in [2.24, 2.45) is 4.99 Å². The molecule has 1 saturated carbocycles. The van der Waals surface area contributed by atoms with E-state index in [9.17, 15) is 8.78 Å². The monoisotopic (exact) mass is 522 g/mol. The fourth-order valence-corrected chi connectivity index (χ4v) is 4.08. The van der Waals surface area contributed by atoms with E-state index < -0.39 is 11.6 Å². The molecule has 0 bridgehead atoms. The van der Waals surface area contributed by atoms with Gasteiger partial charge in [0.15, 0.2) is 17.6 Å². The summed E-state index contributed by atoms with van der Waals surface area (Å²) in [5, 5.41) is 6.80. The van der Waals surface area contributed by atoms with Crippen LogP contribution in [0.25, 0.3) is 0 Å². The molecule has 0 amide bonds. The molecule has 0 aromatic heterocycles. The smallest absolute Gasteiger partial charge is 0.191 e. The lowest BCUT2D eigenvalue weighted by Crippen LogP contribution is -2.50. The van der Waals surface area contributed by atoms with Crippen molar-refractivity contribution in [3.05, 3.63) is 29.8 Å². The van der Waals surface area contributed by atoms with Crippen LogP contribution in [-0.4, -0.2) is 55.7 Å². The third-order valence-corrected chi connectivity index (χ3v) is 5.58. The lowest BCUT2D eigenvalue weighted by atomic mass is 10.0. The van der Waals surface area contributed by atoms with Crippen molar-refractivity contribution in [2.45, 2.75) is 57.5 Å². The summed E-state index contributed by atoms with van der Waals surface area (Å²) in [5.41, 5.74) is 0. The van der Waals surface area contributed by atoms with Gasteiger partial charge in [-0.2, -0.15) is 0 Å². The first kappa shape index (κ1) is 24.1. The average Bonchev–Trinajstić information content (AvgIpc) is 3.23. The van der Waals surface area contributed by atoms with Gasteiger partial charge in [-0.05, 0) is 44.7 Å². The summed E-state index contributed by atoms with van der Waals surface area (Å²) in [5.74, 6) is -0.676. The number of piperidine rings is 1. The number of nitrogens with zero attached hydrogens (tertiary/aromatic N) is 2. The quantitative estimate of drug-likeness (QED) is 0.247. The minimum Gasteiger partial charge on any atom is -0.492 e. The number of halogens is 3. The van der Waals surface area contributed by atoms with Crippen LogP contribution in [0.15, 0.2) is 23.2 Å². The number of rotatable bonds is 7. The third-order valence-electron chi connectivity index (χ3n) is 5.58. The van der Waals surface area contributed by atoms with Crippen molar-refractivity contribution >= 4 is 29.9 Å². The van der Waals surface area contributed by atoms with E-state index in [0.29, 0.717) is 24.9 Å². The maximum Gasteiger partial charge on any atom is 0.191 e. The summed E-state index contributed by atoms with van der Waals surface area (Å²) in [4.78, 5) is 7.20. The number of likely N-dealkylation sites (tertiary alicyclic amines) is 1. The molecule has 1 aliphatic heterocycles. The molecule has 2 fully saturated rings. The Morgan fingerprint density at radius 3 is 2.52 bits per heavy atom. The van der Waals surface area contributed by atoms with Gasteiger partial charge >= 0.3 is 0 Å². The van der Waals surface area contributed by atoms with Crippen LogP contribution in [0, 0.1) is 11.6 Å². The van der Waals surface area contributed by atoms with Crippen LogP contribution in [0.3, 0.4) is 0 Å². The highest BCUT2D eigenvalue weighted by Crippen LogP contribution is 2.26. The second-order valence-electron chi connectivity index (χ2n) is 7.58. The van der Waals surface area contributed by atoms with E-state index in [1.165, 1.54) is 31.7 Å². The van der Waals surface area contributed by atoms with Crippen LogP contribution in [-0.2, 0) is 0 Å². The van der Waals surface area contributed by atoms with Crippen molar-refractivity contribution in [1.82, 2.24) is 15.5 Å². The normalized spacial score (nSPS) is 19.1. The van der Waals surface area contributed by atoms with Crippen LogP contribution < -0.4 is 15.4 Å². The molecule has 0 spiro atoms. The van der Waals surface area contributed by atoms with Gasteiger partial charge in [0.25, 0.3) is 0 Å². The fourth-order valence-electron chi connectivity index (χ4n) is 4.08. The molecular formula is C21H33F2IN4O. The number of hydrogen-bond donors (Lipinski definition) is 2. The standard InChI is InChI=1S/C21H32F2N4O.HI/c1-2-24-21(25-11-14-28-18-7-8-19(22)20(23)15-18)26-16-9-12-27(13-10-16)17-5-3-4-6-17;/h7-8,15-17H,2-6,9-14H2,1H3,(H2,24,25,26);1H. The van der Waals surface area contributed by atoms with Crippen molar-refractivity contribution in [1.29, 1.82) is 0 Å². The molecule has 164 valence electrons. The highest BCUT2D eigenvalue weighted by atomic mass is 127. The molecule has 3 rings (SSSR count). The molecule has 1 heterocycles. The average molecular weight is 522 g/mol. The first-order valence-corrected chi connectivity index (χ1v) is 10.5. The van der Waals surface area contributed by atoms with Crippen LogP contribution in [0.2, 0.25) is 0 Å². The van der Waals surface area contributed by atoms with Crippen LogP contribution in [0.1, 0.15) is 45.4 Å². The maximum absolute atomic E-state index is 13.2. The number of benzene rings is 1. The molecular weight excluding hydrogens is 489 g/mol. The summed E-state index contributed by atoms with van der Waals surface area (Å²) in [6.07, 6.45) is 7.75. The van der Waals surface area contributed by atoms with Gasteiger partial charge in [0.1, 0.15) is 12.4 Å². The number of hydrogen-bond acceptors (Lipinski definition) is 3. The van der Waals surface area contributed by atoms with Gasteiger partial charge in [-0.1, -0.05) is 12.8 Å². The van der Waals surface area contributed by atoms with Crippen LogP contribution in [0.4, 0.5) is 8.78 Å². The predicted molar refractivity (Wildman–Crippen MR) is 123 cm³/mol. The van der Waals surface area contributed by atoms with Gasteiger partial charge < -0.3 is 20.3 Å². The Bertz CT molecular complexity index is 648. The van der Waals surface area contributed by atoms with Crippen molar-refractivity contribution < 1.29 is 13.5 Å². The van der Waals surface area contributed by atoms with E-state index in [1.807, 2.05) is 6.92 Å². The molecule has 29 heavy (non-hydrogen) atoms. The Balaban J connectivity index is 0.00000300. The number of guanidine groups is 1. The molecule has 1 aromatic carbocycles. The van der Waals surface area contributed by atoms with Crippen LogP contribution >= 0.6 is 24.0 Å².